The van der Waals surface area contributed by atoms with Gasteiger partial charge >= 0.3 is 17.8 Å². The van der Waals surface area contributed by atoms with Crippen LogP contribution in [0.3, 0.4) is 0 Å². The maximum Gasteiger partial charge on any atom is 0.317 e. The largest absolute Gasteiger partial charge is 0.497 e. The number of benzene rings is 1. The van der Waals surface area contributed by atoms with Crippen molar-refractivity contribution >= 4 is 17.8 Å². The summed E-state index contributed by atoms with van der Waals surface area (Å²) in [4.78, 5) is 38.0. The molecule has 0 bridgehead atoms. The molecule has 0 radical (unpaired) electrons. The molecular weight excluding hydrogens is 372 g/mol. The van der Waals surface area contributed by atoms with Gasteiger partial charge in [-0.1, -0.05) is 12.1 Å². The van der Waals surface area contributed by atoms with Gasteiger partial charge < -0.3 is 25.6 Å². The molecule has 1 heterocycles. The maximum absolute atomic E-state index is 12.2. The maximum atomic E-state index is 12.2. The molecule has 0 atom stereocenters. The second kappa shape index (κ2) is 10.1. The van der Waals surface area contributed by atoms with Crippen LogP contribution in [-0.2, 0) is 16.1 Å². The molecule has 0 saturated carbocycles. The molecule has 4 amide bonds. The van der Waals surface area contributed by atoms with Crippen molar-refractivity contribution in [1.82, 2.24) is 20.9 Å². The number of nitrogens with one attached hydrogen (secondary N) is 3. The number of nitrogens with zero attached hydrogens (tertiary/aromatic N) is 1. The quantitative estimate of drug-likeness (QED) is 0.650. The number of rotatable bonds is 5. The highest BCUT2D eigenvalue weighted by Crippen LogP contribution is 2.17. The molecule has 0 aromatic heterocycles. The number of ether oxygens (including phenoxy) is 1. The normalized spacial score (nSPS) is 14.8. The Bertz CT molecular complexity index is 722. The standard InChI is InChI=1S/C21H32N4O4/c1-21(2,3)24-20(28)25-10-8-15(9-11-25)13-22-18(26)19(27)23-14-16-6-5-7-17(12-16)29-4/h5-7,12,15H,8-11,13-14H2,1-4H3,(H,22,26)(H,23,27)(H,24,28). The van der Waals surface area contributed by atoms with Crippen LogP contribution in [0.1, 0.15) is 39.2 Å². The first kappa shape index (κ1) is 22.5. The van der Waals surface area contributed by atoms with Crippen LogP contribution in [0.5, 0.6) is 5.75 Å². The summed E-state index contributed by atoms with van der Waals surface area (Å²) in [7, 11) is 1.58. The number of piperidine rings is 1. The van der Waals surface area contributed by atoms with E-state index in [0.717, 1.165) is 18.4 Å². The molecule has 0 aliphatic carbocycles. The summed E-state index contributed by atoms with van der Waals surface area (Å²) in [6, 6.07) is 7.24. The number of hydrogen-bond donors (Lipinski definition) is 3. The minimum Gasteiger partial charge on any atom is -0.497 e. The summed E-state index contributed by atoms with van der Waals surface area (Å²) in [6.45, 7) is 7.82. The van der Waals surface area contributed by atoms with Crippen LogP contribution in [0.4, 0.5) is 4.79 Å². The van der Waals surface area contributed by atoms with Crippen molar-refractivity contribution in [1.29, 1.82) is 0 Å². The highest BCUT2D eigenvalue weighted by Gasteiger charge is 2.25. The van der Waals surface area contributed by atoms with Gasteiger partial charge in [-0.15, -0.1) is 0 Å². The lowest BCUT2D eigenvalue weighted by Gasteiger charge is -2.34. The number of amides is 4. The van der Waals surface area contributed by atoms with Gasteiger partial charge in [0.25, 0.3) is 0 Å². The van der Waals surface area contributed by atoms with E-state index in [2.05, 4.69) is 16.0 Å². The van der Waals surface area contributed by atoms with E-state index in [0.29, 0.717) is 25.4 Å². The van der Waals surface area contributed by atoms with Crippen LogP contribution in [0.15, 0.2) is 24.3 Å². The van der Waals surface area contributed by atoms with Crippen molar-refractivity contribution in [3.63, 3.8) is 0 Å². The van der Waals surface area contributed by atoms with E-state index in [-0.39, 0.29) is 24.0 Å². The van der Waals surface area contributed by atoms with Crippen LogP contribution in [0.2, 0.25) is 0 Å². The number of carbonyl (C=O) groups is 3. The van der Waals surface area contributed by atoms with Gasteiger partial charge in [0.1, 0.15) is 5.75 Å². The number of likely N-dealkylation sites (tertiary alicyclic amines) is 1. The zero-order valence-corrected chi connectivity index (χ0v) is 17.7. The van der Waals surface area contributed by atoms with Gasteiger partial charge in [0.2, 0.25) is 0 Å². The van der Waals surface area contributed by atoms with E-state index in [4.69, 9.17) is 4.74 Å². The van der Waals surface area contributed by atoms with Crippen molar-refractivity contribution in [2.75, 3.05) is 26.7 Å². The molecule has 29 heavy (non-hydrogen) atoms. The molecule has 1 fully saturated rings. The Morgan fingerprint density at radius 1 is 1.10 bits per heavy atom. The predicted octanol–water partition coefficient (Wildman–Crippen LogP) is 1.65. The molecule has 1 aliphatic heterocycles. The summed E-state index contributed by atoms with van der Waals surface area (Å²) in [6.07, 6.45) is 1.59. The van der Waals surface area contributed by atoms with Gasteiger partial charge in [-0.05, 0) is 57.2 Å². The Hall–Kier alpha value is -2.77. The summed E-state index contributed by atoms with van der Waals surface area (Å²) >= 11 is 0. The topological polar surface area (TPSA) is 99.8 Å². The molecule has 0 unspecified atom stereocenters. The minimum absolute atomic E-state index is 0.0584. The highest BCUT2D eigenvalue weighted by atomic mass is 16.5. The van der Waals surface area contributed by atoms with Crippen molar-refractivity contribution in [3.05, 3.63) is 29.8 Å². The Morgan fingerprint density at radius 3 is 2.38 bits per heavy atom. The number of carbonyl (C=O) groups excluding carboxylic acids is 3. The van der Waals surface area contributed by atoms with E-state index in [1.54, 1.807) is 12.0 Å². The minimum atomic E-state index is -0.658. The summed E-state index contributed by atoms with van der Waals surface area (Å²) in [5.41, 5.74) is 0.589. The first-order chi connectivity index (χ1) is 13.7. The second-order valence-electron chi connectivity index (χ2n) is 8.35. The van der Waals surface area contributed by atoms with Crippen molar-refractivity contribution in [3.8, 4) is 5.75 Å². The van der Waals surface area contributed by atoms with E-state index >= 15 is 0 Å². The monoisotopic (exact) mass is 404 g/mol. The Balaban J connectivity index is 1.68. The molecule has 160 valence electrons. The third kappa shape index (κ3) is 7.63. The molecule has 1 saturated heterocycles. The van der Waals surface area contributed by atoms with E-state index in [1.807, 2.05) is 45.0 Å². The fourth-order valence-electron chi connectivity index (χ4n) is 3.10. The Labute approximate surface area is 172 Å². The van der Waals surface area contributed by atoms with Gasteiger partial charge in [0, 0.05) is 31.7 Å². The molecule has 3 N–H and O–H groups in total. The predicted molar refractivity (Wildman–Crippen MR) is 110 cm³/mol. The molecule has 8 nitrogen and oxygen atoms in total. The van der Waals surface area contributed by atoms with E-state index in [1.165, 1.54) is 0 Å². The second-order valence-corrected chi connectivity index (χ2v) is 8.35. The van der Waals surface area contributed by atoms with Crippen molar-refractivity contribution < 1.29 is 19.1 Å². The lowest BCUT2D eigenvalue weighted by Crippen LogP contribution is -2.51. The smallest absolute Gasteiger partial charge is 0.317 e. The SMILES string of the molecule is COc1cccc(CNC(=O)C(=O)NCC2CCN(C(=O)NC(C)(C)C)CC2)c1. The summed E-state index contributed by atoms with van der Waals surface area (Å²) in [5, 5.41) is 8.27. The van der Waals surface area contributed by atoms with Crippen molar-refractivity contribution in [2.45, 2.75) is 45.7 Å². The Kier molecular flexibility index (Phi) is 7.87. The summed E-state index contributed by atoms with van der Waals surface area (Å²) in [5.74, 6) is -0.344. The van der Waals surface area contributed by atoms with Gasteiger partial charge in [-0.25, -0.2) is 4.79 Å². The fourth-order valence-corrected chi connectivity index (χ4v) is 3.10. The zero-order valence-electron chi connectivity index (χ0n) is 17.7. The van der Waals surface area contributed by atoms with E-state index in [9.17, 15) is 14.4 Å². The number of hydrogen-bond acceptors (Lipinski definition) is 4. The Morgan fingerprint density at radius 2 is 1.76 bits per heavy atom. The third-order valence-electron chi connectivity index (χ3n) is 4.73. The average molecular weight is 405 g/mol. The number of methoxy groups -OCH3 is 1. The molecular formula is C21H32N4O4. The molecule has 1 aromatic carbocycles. The first-order valence-electron chi connectivity index (χ1n) is 9.94. The first-order valence-corrected chi connectivity index (χ1v) is 9.94. The van der Waals surface area contributed by atoms with Gasteiger partial charge in [0.05, 0.1) is 7.11 Å². The molecule has 8 heteroatoms. The average Bonchev–Trinajstić information content (AvgIpc) is 2.69. The third-order valence-corrected chi connectivity index (χ3v) is 4.73. The van der Waals surface area contributed by atoms with Crippen LogP contribution in [-0.4, -0.2) is 55.0 Å². The van der Waals surface area contributed by atoms with Gasteiger partial charge in [-0.2, -0.15) is 0 Å². The van der Waals surface area contributed by atoms with Crippen molar-refractivity contribution in [2.24, 2.45) is 5.92 Å². The summed E-state index contributed by atoms with van der Waals surface area (Å²) < 4.78 is 5.14. The lowest BCUT2D eigenvalue weighted by molar-refractivity contribution is -0.139. The van der Waals surface area contributed by atoms with Crippen LogP contribution >= 0.6 is 0 Å². The van der Waals surface area contributed by atoms with Crippen LogP contribution in [0.25, 0.3) is 0 Å². The molecule has 2 rings (SSSR count). The zero-order chi connectivity index (χ0) is 21.4. The lowest BCUT2D eigenvalue weighted by atomic mass is 9.97. The van der Waals surface area contributed by atoms with E-state index < -0.39 is 11.8 Å². The van der Waals surface area contributed by atoms with Crippen LogP contribution < -0.4 is 20.7 Å². The van der Waals surface area contributed by atoms with Crippen LogP contribution in [0, 0.1) is 5.92 Å². The van der Waals surface area contributed by atoms with Gasteiger partial charge in [-0.3, -0.25) is 9.59 Å². The highest BCUT2D eigenvalue weighted by molar-refractivity contribution is 6.35. The molecule has 0 spiro atoms. The number of urea groups is 1. The molecule has 1 aromatic rings. The van der Waals surface area contributed by atoms with Gasteiger partial charge in [0.15, 0.2) is 0 Å². The molecule has 1 aliphatic rings. The fraction of sp³-hybridized carbons (Fsp3) is 0.571.